The average molecular weight is 447 g/mol. The van der Waals surface area contributed by atoms with E-state index in [0.29, 0.717) is 34.2 Å². The Morgan fingerprint density at radius 2 is 1.90 bits per heavy atom. The van der Waals surface area contributed by atoms with Gasteiger partial charge in [0.2, 0.25) is 5.88 Å². The van der Waals surface area contributed by atoms with Gasteiger partial charge in [0.25, 0.3) is 0 Å². The van der Waals surface area contributed by atoms with Crippen molar-refractivity contribution in [3.63, 3.8) is 0 Å². The molecule has 2 aromatic heterocycles. The van der Waals surface area contributed by atoms with Crippen LogP contribution in [-0.4, -0.2) is 32.2 Å². The third-order valence-electron chi connectivity index (χ3n) is 5.20. The maximum absolute atomic E-state index is 9.69. The lowest BCUT2D eigenvalue weighted by Crippen LogP contribution is -2.28. The predicted octanol–water partition coefficient (Wildman–Crippen LogP) is 5.19. The van der Waals surface area contributed by atoms with Crippen LogP contribution in [0.4, 0.5) is 5.82 Å². The van der Waals surface area contributed by atoms with Crippen molar-refractivity contribution in [3.05, 3.63) is 70.2 Å². The van der Waals surface area contributed by atoms with Crippen molar-refractivity contribution in [2.24, 2.45) is 0 Å². The van der Waals surface area contributed by atoms with Crippen LogP contribution in [0, 0.1) is 0 Å². The van der Waals surface area contributed by atoms with Gasteiger partial charge in [-0.25, -0.2) is 4.98 Å². The summed E-state index contributed by atoms with van der Waals surface area (Å²) in [6.45, 7) is 0. The van der Waals surface area contributed by atoms with E-state index in [1.165, 1.54) is 0 Å². The van der Waals surface area contributed by atoms with Crippen molar-refractivity contribution >= 4 is 29.0 Å². The molecule has 0 saturated heterocycles. The molecular formula is C22H24Cl2N4O2. The number of hydrogen-bond donors (Lipinski definition) is 3. The summed E-state index contributed by atoms with van der Waals surface area (Å²) in [7, 11) is 0. The van der Waals surface area contributed by atoms with Crippen LogP contribution in [0.1, 0.15) is 43.2 Å². The predicted molar refractivity (Wildman–Crippen MR) is 118 cm³/mol. The monoisotopic (exact) mass is 446 g/mol. The summed E-state index contributed by atoms with van der Waals surface area (Å²) in [6.07, 6.45) is 6.93. The van der Waals surface area contributed by atoms with E-state index < -0.39 is 0 Å². The number of aromatic nitrogens is 3. The minimum atomic E-state index is -0.373. The van der Waals surface area contributed by atoms with Gasteiger partial charge in [-0.1, -0.05) is 29.3 Å². The highest BCUT2D eigenvalue weighted by Gasteiger charge is 2.21. The molecule has 1 saturated carbocycles. The highest BCUT2D eigenvalue weighted by Crippen LogP contribution is 2.27. The van der Waals surface area contributed by atoms with Crippen molar-refractivity contribution in [2.75, 3.05) is 5.32 Å². The lowest BCUT2D eigenvalue weighted by Gasteiger charge is -2.26. The van der Waals surface area contributed by atoms with Crippen molar-refractivity contribution in [1.29, 1.82) is 0 Å². The van der Waals surface area contributed by atoms with E-state index in [1.54, 1.807) is 18.5 Å². The molecule has 0 aliphatic heterocycles. The minimum Gasteiger partial charge on any atom is -0.466 e. The van der Waals surface area contributed by atoms with Gasteiger partial charge >= 0.3 is 0 Å². The molecule has 1 fully saturated rings. The smallest absolute Gasteiger partial charge is 0.215 e. The van der Waals surface area contributed by atoms with Gasteiger partial charge in [0.1, 0.15) is 11.6 Å². The molecule has 1 atom stereocenters. The molecule has 6 nitrogen and oxygen atoms in total. The van der Waals surface area contributed by atoms with Gasteiger partial charge in [-0.3, -0.25) is 0 Å². The molecule has 1 unspecified atom stereocenters. The molecule has 0 amide bonds. The molecule has 1 aliphatic rings. The van der Waals surface area contributed by atoms with Crippen LogP contribution in [0.25, 0.3) is 0 Å². The second-order valence-corrected chi connectivity index (χ2v) is 8.45. The lowest BCUT2D eigenvalue weighted by atomic mass is 9.93. The van der Waals surface area contributed by atoms with Crippen molar-refractivity contribution in [2.45, 2.75) is 50.4 Å². The molecule has 3 aromatic rings. The van der Waals surface area contributed by atoms with Crippen LogP contribution >= 0.6 is 23.2 Å². The van der Waals surface area contributed by atoms with E-state index in [4.69, 9.17) is 27.9 Å². The highest BCUT2D eigenvalue weighted by atomic mass is 35.5. The zero-order valence-electron chi connectivity index (χ0n) is 16.4. The summed E-state index contributed by atoms with van der Waals surface area (Å²) in [4.78, 5) is 12.1. The number of pyridine rings is 1. The van der Waals surface area contributed by atoms with Gasteiger partial charge in [-0.15, -0.1) is 0 Å². The number of aromatic amines is 1. The van der Waals surface area contributed by atoms with Crippen LogP contribution in [0.5, 0.6) is 5.88 Å². The Kier molecular flexibility index (Phi) is 6.77. The maximum atomic E-state index is 9.69. The first-order valence-electron chi connectivity index (χ1n) is 10.1. The Balaban J connectivity index is 1.49. The van der Waals surface area contributed by atoms with Crippen LogP contribution in [0.3, 0.4) is 0 Å². The number of benzene rings is 1. The second kappa shape index (κ2) is 9.69. The normalized spacial score (nSPS) is 20.0. The Morgan fingerprint density at radius 1 is 1.13 bits per heavy atom. The zero-order valence-corrected chi connectivity index (χ0v) is 17.9. The number of aliphatic hydroxyl groups excluding tert-OH is 1. The van der Waals surface area contributed by atoms with Crippen LogP contribution in [-0.2, 0) is 6.42 Å². The highest BCUT2D eigenvalue weighted by molar-refractivity contribution is 6.34. The first kappa shape index (κ1) is 21.0. The molecule has 0 spiro atoms. The largest absolute Gasteiger partial charge is 0.466 e. The topological polar surface area (TPSA) is 83.1 Å². The zero-order chi connectivity index (χ0) is 20.9. The molecule has 8 heteroatoms. The molecule has 3 N–H and O–H groups in total. The Labute approximate surface area is 185 Å². The number of halogens is 2. The number of rotatable bonds is 7. The molecular weight excluding hydrogens is 423 g/mol. The standard InChI is InChI=1S/C22H24Cl2N4O2/c23-15-10-14(11-16(24)13-15)12-19(22-25-8-9-26-22)30-21-3-1-2-20(28-21)27-17-4-6-18(29)7-5-17/h1-3,8-11,13,17-19,29H,4-7,12H2,(H,25,26)(H,27,28). The van der Waals surface area contributed by atoms with E-state index >= 15 is 0 Å². The fourth-order valence-corrected chi connectivity index (χ4v) is 4.30. The first-order valence-corrected chi connectivity index (χ1v) is 10.8. The van der Waals surface area contributed by atoms with Crippen LogP contribution in [0.15, 0.2) is 48.8 Å². The van der Waals surface area contributed by atoms with Gasteiger partial charge in [-0.05, 0) is 55.5 Å². The van der Waals surface area contributed by atoms with E-state index in [0.717, 1.165) is 37.1 Å². The first-order chi connectivity index (χ1) is 14.5. The molecule has 1 aliphatic carbocycles. The van der Waals surface area contributed by atoms with Gasteiger partial charge < -0.3 is 20.1 Å². The SMILES string of the molecule is OC1CCC(Nc2cccc(OC(Cc3cc(Cl)cc(Cl)c3)c3ncc[nH]3)n2)CC1. The van der Waals surface area contributed by atoms with Gasteiger partial charge in [0.15, 0.2) is 6.10 Å². The summed E-state index contributed by atoms with van der Waals surface area (Å²) < 4.78 is 6.22. The van der Waals surface area contributed by atoms with Gasteiger partial charge in [0, 0.05) is 41.0 Å². The van der Waals surface area contributed by atoms with Crippen LogP contribution < -0.4 is 10.1 Å². The summed E-state index contributed by atoms with van der Waals surface area (Å²) in [5, 5.41) is 14.3. The lowest BCUT2D eigenvalue weighted by molar-refractivity contribution is 0.126. The number of aliphatic hydroxyl groups is 1. The van der Waals surface area contributed by atoms with E-state index in [2.05, 4.69) is 20.3 Å². The summed E-state index contributed by atoms with van der Waals surface area (Å²) in [5.41, 5.74) is 0.948. The molecule has 30 heavy (non-hydrogen) atoms. The fourth-order valence-electron chi connectivity index (χ4n) is 3.73. The van der Waals surface area contributed by atoms with E-state index in [9.17, 15) is 5.11 Å². The summed E-state index contributed by atoms with van der Waals surface area (Å²) in [5.74, 6) is 1.97. The minimum absolute atomic E-state index is 0.181. The van der Waals surface area contributed by atoms with Crippen LogP contribution in [0.2, 0.25) is 10.0 Å². The molecule has 0 radical (unpaired) electrons. The van der Waals surface area contributed by atoms with Gasteiger partial charge in [0.05, 0.1) is 6.10 Å². The fraction of sp³-hybridized carbons (Fsp3) is 0.364. The number of nitrogens with zero attached hydrogens (tertiary/aromatic N) is 2. The molecule has 4 rings (SSSR count). The summed E-state index contributed by atoms with van der Waals surface area (Å²) in [6, 6.07) is 11.4. The molecule has 1 aromatic carbocycles. The number of imidazole rings is 1. The van der Waals surface area contributed by atoms with Gasteiger partial charge in [-0.2, -0.15) is 4.98 Å². The van der Waals surface area contributed by atoms with Crippen molar-refractivity contribution in [3.8, 4) is 5.88 Å². The van der Waals surface area contributed by atoms with E-state index in [-0.39, 0.29) is 12.2 Å². The quantitative estimate of drug-likeness (QED) is 0.464. The third-order valence-corrected chi connectivity index (χ3v) is 5.64. The summed E-state index contributed by atoms with van der Waals surface area (Å²) >= 11 is 12.3. The number of H-pyrrole nitrogens is 1. The van der Waals surface area contributed by atoms with Crippen molar-refractivity contribution in [1.82, 2.24) is 15.0 Å². The number of anilines is 1. The third kappa shape index (κ3) is 5.65. The van der Waals surface area contributed by atoms with Crippen molar-refractivity contribution < 1.29 is 9.84 Å². The molecule has 0 bridgehead atoms. The Bertz CT molecular complexity index is 939. The molecule has 158 valence electrons. The number of hydrogen-bond acceptors (Lipinski definition) is 5. The Hall–Kier alpha value is -2.28. The van der Waals surface area contributed by atoms with E-state index in [1.807, 2.05) is 30.3 Å². The second-order valence-electron chi connectivity index (χ2n) is 7.57. The Morgan fingerprint density at radius 3 is 2.60 bits per heavy atom. The average Bonchev–Trinajstić information content (AvgIpc) is 3.24. The maximum Gasteiger partial charge on any atom is 0.215 e. The molecule has 2 heterocycles. The number of ether oxygens (including phenoxy) is 1. The number of nitrogens with one attached hydrogen (secondary N) is 2.